The number of benzene rings is 1. The van der Waals surface area contributed by atoms with Gasteiger partial charge in [0, 0.05) is 0 Å². The maximum Gasteiger partial charge on any atom is 0.254 e. The molecule has 0 fully saturated rings. The Morgan fingerprint density at radius 3 is 2.50 bits per heavy atom. The Bertz CT molecular complexity index is 610. The van der Waals surface area contributed by atoms with Gasteiger partial charge < -0.3 is 20.2 Å². The van der Waals surface area contributed by atoms with Crippen LogP contribution >= 0.6 is 0 Å². The Morgan fingerprint density at radius 2 is 1.86 bits per heavy atom. The average molecular weight is 302 g/mol. The van der Waals surface area contributed by atoms with Crippen molar-refractivity contribution in [2.45, 2.75) is 25.6 Å². The van der Waals surface area contributed by atoms with Crippen molar-refractivity contribution in [2.75, 3.05) is 0 Å². The first-order valence-electron chi connectivity index (χ1n) is 6.91. The third-order valence-corrected chi connectivity index (χ3v) is 3.13. The largest absolute Gasteiger partial charge is 0.467 e. The van der Waals surface area contributed by atoms with Gasteiger partial charge in [-0.15, -0.1) is 0 Å². The van der Waals surface area contributed by atoms with Crippen LogP contribution in [0.3, 0.4) is 0 Å². The van der Waals surface area contributed by atoms with Gasteiger partial charge in [0.1, 0.15) is 11.8 Å². The second kappa shape index (κ2) is 7.42. The lowest BCUT2D eigenvalue weighted by molar-refractivity contribution is -0.134. The minimum Gasteiger partial charge on any atom is -0.467 e. The summed E-state index contributed by atoms with van der Waals surface area (Å²) in [6.07, 6.45) is 0.213. The number of furan rings is 1. The summed E-state index contributed by atoms with van der Waals surface area (Å²) in [5, 5.41) is 15.1. The Labute approximate surface area is 128 Å². The van der Waals surface area contributed by atoms with E-state index in [1.165, 1.54) is 6.26 Å². The molecule has 0 saturated heterocycles. The summed E-state index contributed by atoms with van der Waals surface area (Å²) < 4.78 is 5.10. The van der Waals surface area contributed by atoms with Crippen LogP contribution in [0.5, 0.6) is 0 Å². The fourth-order valence-corrected chi connectivity index (χ4v) is 1.89. The zero-order valence-electron chi connectivity index (χ0n) is 12.2. The molecule has 6 heteroatoms. The molecule has 0 radical (unpaired) electrons. The van der Waals surface area contributed by atoms with E-state index < -0.39 is 18.1 Å². The van der Waals surface area contributed by atoms with Gasteiger partial charge in [0.25, 0.3) is 5.91 Å². The Balaban J connectivity index is 1.83. The van der Waals surface area contributed by atoms with E-state index in [1.54, 1.807) is 49.4 Å². The van der Waals surface area contributed by atoms with Crippen molar-refractivity contribution in [1.82, 2.24) is 10.6 Å². The lowest BCUT2D eigenvalue weighted by atomic mass is 10.1. The molecular formula is C16H18N2O4. The van der Waals surface area contributed by atoms with E-state index in [2.05, 4.69) is 10.6 Å². The Morgan fingerprint density at radius 1 is 1.14 bits per heavy atom. The maximum atomic E-state index is 11.9. The molecule has 1 aromatic heterocycles. The summed E-state index contributed by atoms with van der Waals surface area (Å²) in [5.74, 6) is -0.354. The van der Waals surface area contributed by atoms with Gasteiger partial charge in [-0.05, 0) is 24.6 Å². The molecule has 2 atom stereocenters. The molecule has 2 rings (SSSR count). The van der Waals surface area contributed by atoms with Crippen LogP contribution in [0.25, 0.3) is 0 Å². The van der Waals surface area contributed by atoms with Crippen molar-refractivity contribution in [3.8, 4) is 0 Å². The molecule has 1 heterocycles. The molecule has 0 aliphatic rings. The monoisotopic (exact) mass is 302 g/mol. The molecule has 116 valence electrons. The summed E-state index contributed by atoms with van der Waals surface area (Å²) >= 11 is 0. The first kappa shape index (κ1) is 15.8. The molecule has 2 aromatic rings. The lowest BCUT2D eigenvalue weighted by Gasteiger charge is -2.16. The highest BCUT2D eigenvalue weighted by Crippen LogP contribution is 2.12. The number of amides is 2. The van der Waals surface area contributed by atoms with Gasteiger partial charge in [-0.25, -0.2) is 0 Å². The molecule has 0 aliphatic heterocycles. The van der Waals surface area contributed by atoms with Gasteiger partial charge in [-0.2, -0.15) is 0 Å². The normalized spacial score (nSPS) is 13.2. The number of carbonyl (C=O) groups excluding carboxylic acids is 2. The van der Waals surface area contributed by atoms with Crippen LogP contribution in [0.4, 0.5) is 0 Å². The molecule has 0 saturated carbocycles. The van der Waals surface area contributed by atoms with E-state index in [-0.39, 0.29) is 12.5 Å². The van der Waals surface area contributed by atoms with Gasteiger partial charge in [-0.3, -0.25) is 9.59 Å². The highest BCUT2D eigenvalue weighted by Gasteiger charge is 2.22. The minimum absolute atomic E-state index is 0.243. The number of hydrogen-bond donors (Lipinski definition) is 3. The highest BCUT2D eigenvalue weighted by molar-refractivity contribution is 5.89. The van der Waals surface area contributed by atoms with E-state index >= 15 is 0 Å². The van der Waals surface area contributed by atoms with Crippen molar-refractivity contribution in [3.63, 3.8) is 0 Å². The quantitative estimate of drug-likeness (QED) is 0.746. The fourth-order valence-electron chi connectivity index (χ4n) is 1.89. The molecular weight excluding hydrogens is 284 g/mol. The van der Waals surface area contributed by atoms with Crippen LogP contribution < -0.4 is 10.6 Å². The van der Waals surface area contributed by atoms with Crippen LogP contribution in [-0.2, 0) is 16.1 Å². The van der Waals surface area contributed by atoms with Crippen LogP contribution in [0.15, 0.2) is 53.1 Å². The smallest absolute Gasteiger partial charge is 0.254 e. The fraction of sp³-hybridized carbons (Fsp3) is 0.250. The molecule has 2 unspecified atom stereocenters. The summed E-state index contributed by atoms with van der Waals surface area (Å²) in [6.45, 7) is 1.79. The number of nitrogens with one attached hydrogen (secondary N) is 2. The van der Waals surface area contributed by atoms with Crippen LogP contribution in [0.1, 0.15) is 24.4 Å². The molecule has 0 bridgehead atoms. The van der Waals surface area contributed by atoms with Gasteiger partial charge >= 0.3 is 0 Å². The van der Waals surface area contributed by atoms with E-state index in [4.69, 9.17) is 4.42 Å². The molecule has 0 spiro atoms. The van der Waals surface area contributed by atoms with Crippen LogP contribution in [0.2, 0.25) is 0 Å². The predicted molar refractivity (Wildman–Crippen MR) is 79.6 cm³/mol. The SMILES string of the molecule is CC(NC(=O)C(O)c1ccccc1)C(=O)NCc1ccco1. The number of rotatable bonds is 6. The van der Waals surface area contributed by atoms with Crippen molar-refractivity contribution in [2.24, 2.45) is 0 Å². The van der Waals surface area contributed by atoms with Gasteiger partial charge in [0.05, 0.1) is 12.8 Å². The van der Waals surface area contributed by atoms with Crippen molar-refractivity contribution in [3.05, 3.63) is 60.1 Å². The summed E-state index contributed by atoms with van der Waals surface area (Å²) in [5.41, 5.74) is 0.475. The predicted octanol–water partition coefficient (Wildman–Crippen LogP) is 1.13. The molecule has 3 N–H and O–H groups in total. The first-order chi connectivity index (χ1) is 10.6. The molecule has 2 amide bonds. The Kier molecular flexibility index (Phi) is 5.32. The van der Waals surface area contributed by atoms with Gasteiger partial charge in [0.2, 0.25) is 5.91 Å². The number of carbonyl (C=O) groups is 2. The second-order valence-corrected chi connectivity index (χ2v) is 4.84. The Hall–Kier alpha value is -2.60. The van der Waals surface area contributed by atoms with Crippen LogP contribution in [0, 0.1) is 0 Å². The third-order valence-electron chi connectivity index (χ3n) is 3.13. The summed E-state index contributed by atoms with van der Waals surface area (Å²) in [4.78, 5) is 23.8. The number of hydrogen-bond acceptors (Lipinski definition) is 4. The van der Waals surface area contributed by atoms with Gasteiger partial charge in [-0.1, -0.05) is 30.3 Å². The zero-order valence-corrected chi connectivity index (χ0v) is 12.2. The minimum atomic E-state index is -1.30. The van der Waals surface area contributed by atoms with Crippen molar-refractivity contribution in [1.29, 1.82) is 0 Å². The van der Waals surface area contributed by atoms with Gasteiger partial charge in [0.15, 0.2) is 6.10 Å². The molecule has 22 heavy (non-hydrogen) atoms. The van der Waals surface area contributed by atoms with Crippen molar-refractivity contribution < 1.29 is 19.1 Å². The summed E-state index contributed by atoms with van der Waals surface area (Å²) in [6, 6.07) is 11.2. The van der Waals surface area contributed by atoms with Crippen LogP contribution in [-0.4, -0.2) is 23.0 Å². The number of aliphatic hydroxyl groups is 1. The highest BCUT2D eigenvalue weighted by atomic mass is 16.3. The van der Waals surface area contributed by atoms with E-state index in [0.717, 1.165) is 0 Å². The third kappa shape index (κ3) is 4.20. The lowest BCUT2D eigenvalue weighted by Crippen LogP contribution is -2.46. The standard InChI is InChI=1S/C16H18N2O4/c1-11(15(20)17-10-13-8-5-9-22-13)18-16(21)14(19)12-6-3-2-4-7-12/h2-9,11,14,19H,10H2,1H3,(H,17,20)(H,18,21). The zero-order chi connectivity index (χ0) is 15.9. The van der Waals surface area contributed by atoms with Crippen molar-refractivity contribution >= 4 is 11.8 Å². The van der Waals surface area contributed by atoms with E-state index in [0.29, 0.717) is 11.3 Å². The molecule has 0 aliphatic carbocycles. The first-order valence-corrected chi connectivity index (χ1v) is 6.91. The molecule has 6 nitrogen and oxygen atoms in total. The average Bonchev–Trinajstić information content (AvgIpc) is 3.06. The topological polar surface area (TPSA) is 91.6 Å². The summed E-state index contributed by atoms with van der Waals surface area (Å²) in [7, 11) is 0. The number of aliphatic hydroxyl groups excluding tert-OH is 1. The van der Waals surface area contributed by atoms with E-state index in [1.807, 2.05) is 0 Å². The van der Waals surface area contributed by atoms with E-state index in [9.17, 15) is 14.7 Å². The second-order valence-electron chi connectivity index (χ2n) is 4.84. The molecule has 1 aromatic carbocycles. The maximum absolute atomic E-state index is 11.9.